The summed E-state index contributed by atoms with van der Waals surface area (Å²) in [7, 11) is -3.90. The Morgan fingerprint density at radius 2 is 1.74 bits per heavy atom. The van der Waals surface area contributed by atoms with Crippen molar-refractivity contribution in [3.63, 3.8) is 0 Å². The van der Waals surface area contributed by atoms with Crippen LogP contribution >= 0.6 is 23.2 Å². The maximum absolute atomic E-state index is 12.7. The lowest BCUT2D eigenvalue weighted by atomic mass is 10.4. The molecule has 0 unspecified atom stereocenters. The molecular formula is C10H6Cl2FN3O2S. The minimum absolute atomic E-state index is 0.00834. The zero-order valence-electron chi connectivity index (χ0n) is 9.14. The highest BCUT2D eigenvalue weighted by molar-refractivity contribution is 7.92. The van der Waals surface area contributed by atoms with Crippen molar-refractivity contribution in [1.29, 1.82) is 0 Å². The molecule has 1 aromatic heterocycles. The third-order valence-corrected chi connectivity index (χ3v) is 3.93. The van der Waals surface area contributed by atoms with Crippen LogP contribution in [-0.2, 0) is 10.0 Å². The first kappa shape index (κ1) is 14.0. The van der Waals surface area contributed by atoms with Crippen LogP contribution < -0.4 is 4.72 Å². The molecule has 2 rings (SSSR count). The van der Waals surface area contributed by atoms with Gasteiger partial charge in [0.25, 0.3) is 10.0 Å². The van der Waals surface area contributed by atoms with Gasteiger partial charge in [-0.15, -0.1) is 10.2 Å². The van der Waals surface area contributed by atoms with Gasteiger partial charge in [0.2, 0.25) is 0 Å². The number of nitrogens with one attached hydrogen (secondary N) is 1. The van der Waals surface area contributed by atoms with Crippen molar-refractivity contribution in [2.24, 2.45) is 0 Å². The van der Waals surface area contributed by atoms with E-state index < -0.39 is 15.8 Å². The molecule has 0 aliphatic carbocycles. The quantitative estimate of drug-likeness (QED) is 0.943. The largest absolute Gasteiger partial charge is 0.276 e. The van der Waals surface area contributed by atoms with Gasteiger partial charge in [0.15, 0.2) is 10.3 Å². The molecule has 2 aromatic rings. The fourth-order valence-corrected chi connectivity index (χ4v) is 2.64. The van der Waals surface area contributed by atoms with Crippen LogP contribution in [0.1, 0.15) is 0 Å². The number of rotatable bonds is 3. The highest BCUT2D eigenvalue weighted by atomic mass is 35.5. The number of halogens is 3. The van der Waals surface area contributed by atoms with E-state index in [2.05, 4.69) is 14.9 Å². The molecular weight excluding hydrogens is 316 g/mol. The number of sulfonamides is 1. The lowest BCUT2D eigenvalue weighted by molar-refractivity contribution is 0.599. The van der Waals surface area contributed by atoms with Crippen molar-refractivity contribution < 1.29 is 12.8 Å². The predicted molar refractivity (Wildman–Crippen MR) is 69.3 cm³/mol. The van der Waals surface area contributed by atoms with Gasteiger partial charge in [0.05, 0.1) is 10.6 Å². The van der Waals surface area contributed by atoms with Crippen LogP contribution in [0.25, 0.3) is 0 Å². The molecule has 9 heteroatoms. The molecule has 0 amide bonds. The van der Waals surface area contributed by atoms with Gasteiger partial charge >= 0.3 is 0 Å². The van der Waals surface area contributed by atoms with E-state index >= 15 is 0 Å². The van der Waals surface area contributed by atoms with E-state index in [-0.39, 0.29) is 20.9 Å². The van der Waals surface area contributed by atoms with Crippen LogP contribution in [0.2, 0.25) is 10.3 Å². The monoisotopic (exact) mass is 321 g/mol. The molecule has 5 nitrogen and oxygen atoms in total. The van der Waals surface area contributed by atoms with Gasteiger partial charge in [-0.1, -0.05) is 23.2 Å². The third-order valence-electron chi connectivity index (χ3n) is 2.09. The molecule has 0 fully saturated rings. The molecule has 0 aliphatic heterocycles. The number of hydrogen-bond donors (Lipinski definition) is 1. The van der Waals surface area contributed by atoms with Crippen molar-refractivity contribution in [2.45, 2.75) is 4.90 Å². The lowest BCUT2D eigenvalue weighted by Crippen LogP contribution is -2.13. The first-order valence-corrected chi connectivity index (χ1v) is 7.09. The Kier molecular flexibility index (Phi) is 3.88. The molecule has 1 heterocycles. The van der Waals surface area contributed by atoms with Crippen molar-refractivity contribution in [2.75, 3.05) is 4.72 Å². The van der Waals surface area contributed by atoms with Crippen molar-refractivity contribution >= 4 is 38.9 Å². The van der Waals surface area contributed by atoms with Crippen LogP contribution in [0.15, 0.2) is 35.2 Å². The van der Waals surface area contributed by atoms with Crippen molar-refractivity contribution in [1.82, 2.24) is 10.2 Å². The van der Waals surface area contributed by atoms with Crippen LogP contribution in [0.5, 0.6) is 0 Å². The zero-order chi connectivity index (χ0) is 14.0. The minimum Gasteiger partial charge on any atom is -0.276 e. The average molecular weight is 322 g/mol. The average Bonchev–Trinajstić information content (AvgIpc) is 2.34. The molecule has 0 bridgehead atoms. The Balaban J connectivity index is 2.36. The Morgan fingerprint density at radius 3 is 2.37 bits per heavy atom. The van der Waals surface area contributed by atoms with Crippen LogP contribution in [0, 0.1) is 5.82 Å². The van der Waals surface area contributed by atoms with E-state index in [0.29, 0.717) is 0 Å². The standard InChI is InChI=1S/C10H6Cl2FN3O2S/c11-9-5-8(10(12)15-14-9)16-19(17,18)7-3-1-6(13)2-4-7/h1-5H,(H,14,16). The van der Waals surface area contributed by atoms with Gasteiger partial charge < -0.3 is 0 Å². The maximum Gasteiger partial charge on any atom is 0.261 e. The summed E-state index contributed by atoms with van der Waals surface area (Å²) < 4.78 is 38.9. The number of anilines is 1. The Morgan fingerprint density at radius 1 is 1.11 bits per heavy atom. The molecule has 100 valence electrons. The second-order valence-corrected chi connectivity index (χ2v) is 5.86. The zero-order valence-corrected chi connectivity index (χ0v) is 11.5. The van der Waals surface area contributed by atoms with Crippen molar-refractivity contribution in [3.05, 3.63) is 46.5 Å². The maximum atomic E-state index is 12.7. The molecule has 0 aliphatic rings. The van der Waals surface area contributed by atoms with E-state index in [0.717, 1.165) is 24.3 Å². The molecule has 0 saturated carbocycles. The topological polar surface area (TPSA) is 72.0 Å². The molecule has 0 radical (unpaired) electrons. The highest BCUT2D eigenvalue weighted by Crippen LogP contribution is 2.24. The van der Waals surface area contributed by atoms with Gasteiger partial charge in [0.1, 0.15) is 5.82 Å². The van der Waals surface area contributed by atoms with Gasteiger partial charge in [0, 0.05) is 6.07 Å². The summed E-state index contributed by atoms with van der Waals surface area (Å²) in [5.74, 6) is -0.536. The first-order chi connectivity index (χ1) is 8.88. The molecule has 1 aromatic carbocycles. The summed E-state index contributed by atoms with van der Waals surface area (Å²) in [4.78, 5) is -0.113. The smallest absolute Gasteiger partial charge is 0.261 e. The van der Waals surface area contributed by atoms with Crippen LogP contribution in [-0.4, -0.2) is 18.6 Å². The Bertz CT molecular complexity index is 707. The normalized spacial score (nSPS) is 11.3. The van der Waals surface area contributed by atoms with Crippen LogP contribution in [0.3, 0.4) is 0 Å². The Labute approximate surface area is 118 Å². The van der Waals surface area contributed by atoms with E-state index in [4.69, 9.17) is 23.2 Å². The minimum atomic E-state index is -3.90. The van der Waals surface area contributed by atoms with E-state index in [9.17, 15) is 12.8 Å². The van der Waals surface area contributed by atoms with E-state index in [1.165, 1.54) is 6.07 Å². The predicted octanol–water partition coefficient (Wildman–Crippen LogP) is 2.72. The Hall–Kier alpha value is -1.44. The number of aromatic nitrogens is 2. The summed E-state index contributed by atoms with van der Waals surface area (Å²) >= 11 is 11.3. The van der Waals surface area contributed by atoms with Gasteiger partial charge in [-0.3, -0.25) is 4.72 Å². The van der Waals surface area contributed by atoms with Gasteiger partial charge in [-0.25, -0.2) is 12.8 Å². The second-order valence-electron chi connectivity index (χ2n) is 3.43. The summed E-state index contributed by atoms with van der Waals surface area (Å²) in [6.45, 7) is 0. The van der Waals surface area contributed by atoms with E-state index in [1.54, 1.807) is 0 Å². The van der Waals surface area contributed by atoms with E-state index in [1.807, 2.05) is 0 Å². The van der Waals surface area contributed by atoms with Crippen LogP contribution in [0.4, 0.5) is 10.1 Å². The summed E-state index contributed by atoms with van der Waals surface area (Å²) in [5.41, 5.74) is -0.00834. The summed E-state index contributed by atoms with van der Waals surface area (Å²) in [6, 6.07) is 5.55. The van der Waals surface area contributed by atoms with Gasteiger partial charge in [-0.05, 0) is 24.3 Å². The molecule has 0 spiro atoms. The molecule has 0 atom stereocenters. The molecule has 0 saturated heterocycles. The lowest BCUT2D eigenvalue weighted by Gasteiger charge is -2.08. The second kappa shape index (κ2) is 5.28. The van der Waals surface area contributed by atoms with Gasteiger partial charge in [-0.2, -0.15) is 0 Å². The number of hydrogen-bond acceptors (Lipinski definition) is 4. The third kappa shape index (κ3) is 3.31. The summed E-state index contributed by atoms with van der Waals surface area (Å²) in [6.07, 6.45) is 0. The highest BCUT2D eigenvalue weighted by Gasteiger charge is 2.16. The fraction of sp³-hybridized carbons (Fsp3) is 0. The molecule has 19 heavy (non-hydrogen) atoms. The SMILES string of the molecule is O=S(=O)(Nc1cc(Cl)nnc1Cl)c1ccc(F)cc1. The fourth-order valence-electron chi connectivity index (χ4n) is 1.24. The summed E-state index contributed by atoms with van der Waals surface area (Å²) in [5, 5.41) is 6.76. The van der Waals surface area contributed by atoms with Crippen molar-refractivity contribution in [3.8, 4) is 0 Å². The number of benzene rings is 1. The number of nitrogens with zero attached hydrogens (tertiary/aromatic N) is 2. The first-order valence-electron chi connectivity index (χ1n) is 4.85. The molecule has 1 N–H and O–H groups in total.